The van der Waals surface area contributed by atoms with Gasteiger partial charge in [0.2, 0.25) is 5.91 Å². The summed E-state index contributed by atoms with van der Waals surface area (Å²) in [7, 11) is -3.30. The number of sulfone groups is 1. The number of hydrogen-bond donors (Lipinski definition) is 1. The number of nitrogens with one attached hydrogen (secondary N) is 1. The Morgan fingerprint density at radius 3 is 2.30 bits per heavy atom. The third kappa shape index (κ3) is 7.50. The Bertz CT molecular complexity index is 594. The highest BCUT2D eigenvalue weighted by molar-refractivity contribution is 7.92. The molecule has 5 nitrogen and oxygen atoms in total. The zero-order chi connectivity index (χ0) is 17.5. The maximum absolute atomic E-state index is 11.8. The summed E-state index contributed by atoms with van der Waals surface area (Å²) in [6, 6.07) is 7.23. The molecule has 0 bridgehead atoms. The average molecular weight is 341 g/mol. The van der Waals surface area contributed by atoms with Gasteiger partial charge in [0.15, 0.2) is 9.84 Å². The van der Waals surface area contributed by atoms with Crippen LogP contribution >= 0.6 is 0 Å². The molecule has 130 valence electrons. The van der Waals surface area contributed by atoms with Crippen molar-refractivity contribution in [2.75, 3.05) is 18.1 Å². The van der Waals surface area contributed by atoms with E-state index in [9.17, 15) is 13.2 Å². The lowest BCUT2D eigenvalue weighted by Crippen LogP contribution is -2.32. The highest BCUT2D eigenvalue weighted by atomic mass is 32.2. The summed E-state index contributed by atoms with van der Waals surface area (Å²) in [5.41, 5.74) is 0.906. The molecule has 0 saturated carbocycles. The number of hydrogen-bond acceptors (Lipinski definition) is 4. The lowest BCUT2D eigenvalue weighted by molar-refractivity contribution is -0.119. The van der Waals surface area contributed by atoms with Crippen molar-refractivity contribution in [3.05, 3.63) is 29.8 Å². The van der Waals surface area contributed by atoms with Crippen LogP contribution in [-0.2, 0) is 14.6 Å². The Labute approximate surface area is 139 Å². The molecular weight excluding hydrogens is 314 g/mol. The Morgan fingerprint density at radius 1 is 1.17 bits per heavy atom. The van der Waals surface area contributed by atoms with Crippen LogP contribution in [0.4, 0.5) is 0 Å². The van der Waals surface area contributed by atoms with E-state index in [4.69, 9.17) is 4.74 Å². The van der Waals surface area contributed by atoms with Crippen molar-refractivity contribution in [3.8, 4) is 5.75 Å². The summed E-state index contributed by atoms with van der Waals surface area (Å²) >= 11 is 0. The second-order valence-electron chi connectivity index (χ2n) is 6.07. The van der Waals surface area contributed by atoms with E-state index in [0.717, 1.165) is 17.7 Å². The molecule has 0 fully saturated rings. The van der Waals surface area contributed by atoms with E-state index in [1.165, 1.54) is 6.92 Å². The summed E-state index contributed by atoms with van der Waals surface area (Å²) in [4.78, 5) is 11.8. The van der Waals surface area contributed by atoms with E-state index in [0.29, 0.717) is 12.5 Å². The van der Waals surface area contributed by atoms with E-state index in [1.54, 1.807) is 0 Å². The zero-order valence-electron chi connectivity index (χ0n) is 14.3. The molecular formula is C17H27NO4S. The molecule has 0 aliphatic carbocycles. The minimum Gasteiger partial charge on any atom is -0.494 e. The van der Waals surface area contributed by atoms with Crippen molar-refractivity contribution in [1.82, 2.24) is 5.32 Å². The number of carbonyl (C=O) groups excluding carboxylic acids is 1. The molecule has 0 unspecified atom stereocenters. The van der Waals surface area contributed by atoms with Crippen LogP contribution in [0.2, 0.25) is 0 Å². The zero-order valence-corrected chi connectivity index (χ0v) is 15.2. The molecule has 1 atom stereocenters. The van der Waals surface area contributed by atoms with Gasteiger partial charge in [0.1, 0.15) is 11.5 Å². The van der Waals surface area contributed by atoms with Gasteiger partial charge in [-0.2, -0.15) is 0 Å². The summed E-state index contributed by atoms with van der Waals surface area (Å²) < 4.78 is 28.5. The molecule has 1 aromatic carbocycles. The van der Waals surface area contributed by atoms with Crippen LogP contribution in [0.3, 0.4) is 0 Å². The maximum atomic E-state index is 11.8. The SMILES string of the molecule is CCS(=O)(=O)CC(=O)N[C@@H](C)c1ccc(OCCC(C)C)cc1. The molecule has 1 rings (SSSR count). The van der Waals surface area contributed by atoms with Crippen molar-refractivity contribution >= 4 is 15.7 Å². The number of ether oxygens (including phenoxy) is 1. The first kappa shape index (κ1) is 19.5. The molecule has 0 aliphatic heterocycles. The minimum absolute atomic E-state index is 0.0305. The Balaban J connectivity index is 2.53. The van der Waals surface area contributed by atoms with Crippen LogP contribution in [0.5, 0.6) is 5.75 Å². The predicted molar refractivity (Wildman–Crippen MR) is 92.3 cm³/mol. The third-order valence-electron chi connectivity index (χ3n) is 3.51. The van der Waals surface area contributed by atoms with Gasteiger partial charge in [-0.1, -0.05) is 32.9 Å². The second-order valence-corrected chi connectivity index (χ2v) is 8.42. The molecule has 0 spiro atoms. The Morgan fingerprint density at radius 2 is 1.78 bits per heavy atom. The van der Waals surface area contributed by atoms with E-state index >= 15 is 0 Å². The first-order chi connectivity index (χ1) is 10.7. The minimum atomic E-state index is -3.30. The van der Waals surface area contributed by atoms with Crippen molar-refractivity contribution in [2.45, 2.75) is 40.2 Å². The number of carbonyl (C=O) groups is 1. The van der Waals surface area contributed by atoms with Gasteiger partial charge in [-0.05, 0) is 37.0 Å². The molecule has 1 amide bonds. The van der Waals surface area contributed by atoms with E-state index in [-0.39, 0.29) is 11.8 Å². The van der Waals surface area contributed by atoms with Gasteiger partial charge in [-0.15, -0.1) is 0 Å². The number of amides is 1. The maximum Gasteiger partial charge on any atom is 0.235 e. The molecule has 0 aromatic heterocycles. The van der Waals surface area contributed by atoms with Crippen LogP contribution in [0, 0.1) is 5.92 Å². The van der Waals surface area contributed by atoms with E-state index < -0.39 is 21.5 Å². The normalized spacial score (nSPS) is 12.9. The van der Waals surface area contributed by atoms with Crippen LogP contribution < -0.4 is 10.1 Å². The molecule has 1 aromatic rings. The topological polar surface area (TPSA) is 72.5 Å². The highest BCUT2D eigenvalue weighted by Gasteiger charge is 2.16. The number of rotatable bonds is 9. The quantitative estimate of drug-likeness (QED) is 0.749. The lowest BCUT2D eigenvalue weighted by atomic mass is 10.1. The molecule has 6 heteroatoms. The fourth-order valence-electron chi connectivity index (χ4n) is 1.93. The Kier molecular flexibility index (Phi) is 7.55. The van der Waals surface area contributed by atoms with Crippen LogP contribution in [0.1, 0.15) is 45.7 Å². The summed E-state index contributed by atoms with van der Waals surface area (Å²) in [6.45, 7) is 8.33. The van der Waals surface area contributed by atoms with Gasteiger partial charge in [-0.25, -0.2) is 8.42 Å². The summed E-state index contributed by atoms with van der Waals surface area (Å²) in [5.74, 6) is 0.420. The molecule has 23 heavy (non-hydrogen) atoms. The van der Waals surface area contributed by atoms with Gasteiger partial charge in [-0.3, -0.25) is 4.79 Å². The largest absolute Gasteiger partial charge is 0.494 e. The first-order valence-corrected chi connectivity index (χ1v) is 9.78. The van der Waals surface area contributed by atoms with E-state index in [2.05, 4.69) is 19.2 Å². The van der Waals surface area contributed by atoms with Crippen molar-refractivity contribution in [2.24, 2.45) is 5.92 Å². The highest BCUT2D eigenvalue weighted by Crippen LogP contribution is 2.18. The fraction of sp³-hybridized carbons (Fsp3) is 0.588. The Hall–Kier alpha value is -1.56. The summed E-state index contributed by atoms with van der Waals surface area (Å²) in [6.07, 6.45) is 1.00. The predicted octanol–water partition coefficient (Wildman–Crippen LogP) is 2.72. The molecule has 0 saturated heterocycles. The molecule has 0 aliphatic rings. The van der Waals surface area contributed by atoms with Crippen molar-refractivity contribution < 1.29 is 17.9 Å². The van der Waals surface area contributed by atoms with Gasteiger partial charge < -0.3 is 10.1 Å². The van der Waals surface area contributed by atoms with Crippen LogP contribution in [0.15, 0.2) is 24.3 Å². The molecule has 0 radical (unpaired) electrons. The second kappa shape index (κ2) is 8.91. The monoisotopic (exact) mass is 341 g/mol. The van der Waals surface area contributed by atoms with Gasteiger partial charge in [0.05, 0.1) is 12.6 Å². The molecule has 0 heterocycles. The van der Waals surface area contributed by atoms with Gasteiger partial charge in [0, 0.05) is 5.75 Å². The van der Waals surface area contributed by atoms with Crippen molar-refractivity contribution in [1.29, 1.82) is 0 Å². The van der Waals surface area contributed by atoms with Gasteiger partial charge >= 0.3 is 0 Å². The van der Waals surface area contributed by atoms with E-state index in [1.807, 2.05) is 31.2 Å². The van der Waals surface area contributed by atoms with Crippen LogP contribution in [-0.4, -0.2) is 32.4 Å². The summed E-state index contributed by atoms with van der Waals surface area (Å²) in [5, 5.41) is 2.71. The first-order valence-electron chi connectivity index (χ1n) is 7.96. The van der Waals surface area contributed by atoms with Gasteiger partial charge in [0.25, 0.3) is 0 Å². The standard InChI is InChI=1S/C17H27NO4S/c1-5-23(20,21)12-17(19)18-14(4)15-6-8-16(9-7-15)22-11-10-13(2)3/h6-9,13-14H,5,10-12H2,1-4H3,(H,18,19)/t14-/m0/s1. The lowest BCUT2D eigenvalue weighted by Gasteiger charge is -2.15. The smallest absolute Gasteiger partial charge is 0.235 e. The average Bonchev–Trinajstić information content (AvgIpc) is 2.46. The molecule has 1 N–H and O–H groups in total. The fourth-order valence-corrected chi connectivity index (χ4v) is 2.62. The third-order valence-corrected chi connectivity index (χ3v) is 5.09. The van der Waals surface area contributed by atoms with Crippen molar-refractivity contribution in [3.63, 3.8) is 0 Å². The van der Waals surface area contributed by atoms with Crippen LogP contribution in [0.25, 0.3) is 0 Å². The number of benzene rings is 1.